The zero-order valence-corrected chi connectivity index (χ0v) is 16.7. The second kappa shape index (κ2) is 9.51. The number of nitrogens with one attached hydrogen (secondary N) is 2. The van der Waals surface area contributed by atoms with E-state index in [9.17, 15) is 9.59 Å². The normalized spacial score (nSPS) is 19.2. The molecule has 5 nitrogen and oxygen atoms in total. The molecule has 3 rings (SSSR count). The van der Waals surface area contributed by atoms with E-state index in [0.29, 0.717) is 29.8 Å². The van der Waals surface area contributed by atoms with Crippen LogP contribution >= 0.6 is 0 Å². The molecule has 0 bridgehead atoms. The summed E-state index contributed by atoms with van der Waals surface area (Å²) in [5.74, 6) is 0.475. The molecule has 1 fully saturated rings. The van der Waals surface area contributed by atoms with Gasteiger partial charge in [0.25, 0.3) is 5.91 Å². The predicted octanol–water partition coefficient (Wildman–Crippen LogP) is 3.64. The lowest BCUT2D eigenvalue weighted by Gasteiger charge is -2.34. The number of hydrogen-bond acceptors (Lipinski definition) is 3. The van der Waals surface area contributed by atoms with Gasteiger partial charge in [-0.05, 0) is 68.5 Å². The Morgan fingerprint density at radius 1 is 0.964 bits per heavy atom. The van der Waals surface area contributed by atoms with E-state index in [1.54, 1.807) is 31.3 Å². The standard InChI is InChI=1S/C23H29N3O2/c1-24-23(28)19-8-12-20(13-9-19)25-22(27)16-26(2)21-14-10-18(11-15-21)17-6-4-3-5-7-17/h3-9,12-13,18,21H,10-11,14-16H2,1-2H3,(H,24,28)(H,25,27). The molecule has 148 valence electrons. The van der Waals surface area contributed by atoms with Gasteiger partial charge in [0.05, 0.1) is 6.54 Å². The summed E-state index contributed by atoms with van der Waals surface area (Å²) in [6.07, 6.45) is 4.57. The van der Waals surface area contributed by atoms with Gasteiger partial charge in [-0.1, -0.05) is 30.3 Å². The zero-order valence-electron chi connectivity index (χ0n) is 16.7. The molecule has 2 aromatic carbocycles. The van der Waals surface area contributed by atoms with Gasteiger partial charge in [-0.3, -0.25) is 14.5 Å². The van der Waals surface area contributed by atoms with E-state index in [1.807, 2.05) is 7.05 Å². The van der Waals surface area contributed by atoms with Gasteiger partial charge in [0.15, 0.2) is 0 Å². The first kappa shape index (κ1) is 20.1. The Bertz CT molecular complexity index is 781. The Morgan fingerprint density at radius 3 is 2.21 bits per heavy atom. The highest BCUT2D eigenvalue weighted by Gasteiger charge is 2.25. The molecule has 1 saturated carbocycles. The maximum absolute atomic E-state index is 12.4. The highest BCUT2D eigenvalue weighted by molar-refractivity contribution is 5.96. The van der Waals surface area contributed by atoms with Crippen LogP contribution in [-0.2, 0) is 4.79 Å². The van der Waals surface area contributed by atoms with Crippen LogP contribution in [0, 0.1) is 0 Å². The second-order valence-electron chi connectivity index (χ2n) is 7.54. The molecule has 0 atom stereocenters. The van der Waals surface area contributed by atoms with Gasteiger partial charge in [-0.15, -0.1) is 0 Å². The number of carbonyl (C=O) groups excluding carboxylic acids is 2. The van der Waals surface area contributed by atoms with Gasteiger partial charge < -0.3 is 10.6 Å². The summed E-state index contributed by atoms with van der Waals surface area (Å²) < 4.78 is 0. The van der Waals surface area contributed by atoms with Gasteiger partial charge in [-0.2, -0.15) is 0 Å². The fourth-order valence-corrected chi connectivity index (χ4v) is 3.98. The number of amides is 2. The highest BCUT2D eigenvalue weighted by atomic mass is 16.2. The molecule has 0 spiro atoms. The number of hydrogen-bond donors (Lipinski definition) is 2. The highest BCUT2D eigenvalue weighted by Crippen LogP contribution is 2.34. The summed E-state index contributed by atoms with van der Waals surface area (Å²) >= 11 is 0. The van der Waals surface area contributed by atoms with Crippen LogP contribution in [0.1, 0.15) is 47.5 Å². The van der Waals surface area contributed by atoms with Crippen molar-refractivity contribution in [3.63, 3.8) is 0 Å². The fourth-order valence-electron chi connectivity index (χ4n) is 3.98. The monoisotopic (exact) mass is 379 g/mol. The van der Waals surface area contributed by atoms with Gasteiger partial charge in [0.1, 0.15) is 0 Å². The summed E-state index contributed by atoms with van der Waals surface area (Å²) in [6, 6.07) is 18.1. The molecule has 2 amide bonds. The number of rotatable bonds is 6. The molecule has 5 heteroatoms. The molecule has 28 heavy (non-hydrogen) atoms. The maximum atomic E-state index is 12.4. The van der Waals surface area contributed by atoms with Crippen molar-refractivity contribution in [2.75, 3.05) is 26.0 Å². The van der Waals surface area contributed by atoms with E-state index >= 15 is 0 Å². The minimum absolute atomic E-state index is 0.0274. The number of carbonyl (C=O) groups is 2. The molecule has 0 aliphatic heterocycles. The van der Waals surface area contributed by atoms with Crippen LogP contribution in [0.3, 0.4) is 0 Å². The van der Waals surface area contributed by atoms with Crippen molar-refractivity contribution in [3.8, 4) is 0 Å². The van der Waals surface area contributed by atoms with E-state index in [-0.39, 0.29) is 11.8 Å². The summed E-state index contributed by atoms with van der Waals surface area (Å²) in [5, 5.41) is 5.50. The van der Waals surface area contributed by atoms with Crippen molar-refractivity contribution in [1.82, 2.24) is 10.2 Å². The molecule has 0 aromatic heterocycles. The first-order valence-corrected chi connectivity index (χ1v) is 9.94. The lowest BCUT2D eigenvalue weighted by Crippen LogP contribution is -2.39. The Morgan fingerprint density at radius 2 is 1.61 bits per heavy atom. The number of likely N-dealkylation sites (N-methyl/N-ethyl adjacent to an activating group) is 1. The minimum atomic E-state index is -0.135. The number of anilines is 1. The van der Waals surface area contributed by atoms with Crippen LogP contribution < -0.4 is 10.6 Å². The van der Waals surface area contributed by atoms with E-state index in [0.717, 1.165) is 12.8 Å². The van der Waals surface area contributed by atoms with E-state index in [1.165, 1.54) is 18.4 Å². The molecule has 0 unspecified atom stereocenters. The third-order valence-electron chi connectivity index (χ3n) is 5.64. The lowest BCUT2D eigenvalue weighted by molar-refractivity contribution is -0.117. The van der Waals surface area contributed by atoms with Gasteiger partial charge in [-0.25, -0.2) is 0 Å². The molecule has 1 aliphatic carbocycles. The minimum Gasteiger partial charge on any atom is -0.355 e. The lowest BCUT2D eigenvalue weighted by atomic mass is 9.81. The summed E-state index contributed by atoms with van der Waals surface area (Å²) in [5.41, 5.74) is 2.72. The molecule has 0 radical (unpaired) electrons. The number of nitrogens with zero attached hydrogens (tertiary/aromatic N) is 1. The largest absolute Gasteiger partial charge is 0.355 e. The van der Waals surface area contributed by atoms with E-state index in [4.69, 9.17) is 0 Å². The molecule has 2 aromatic rings. The molecular weight excluding hydrogens is 350 g/mol. The Balaban J connectivity index is 1.46. The molecule has 1 aliphatic rings. The van der Waals surface area contributed by atoms with E-state index < -0.39 is 0 Å². The third kappa shape index (κ3) is 5.20. The summed E-state index contributed by atoms with van der Waals surface area (Å²) in [4.78, 5) is 26.1. The van der Waals surface area contributed by atoms with Crippen LogP contribution in [0.4, 0.5) is 5.69 Å². The zero-order chi connectivity index (χ0) is 19.9. The van der Waals surface area contributed by atoms with Crippen molar-refractivity contribution >= 4 is 17.5 Å². The summed E-state index contributed by atoms with van der Waals surface area (Å²) in [7, 11) is 3.63. The molecular formula is C23H29N3O2. The molecule has 2 N–H and O–H groups in total. The van der Waals surface area contributed by atoms with Gasteiger partial charge >= 0.3 is 0 Å². The van der Waals surface area contributed by atoms with Crippen molar-refractivity contribution < 1.29 is 9.59 Å². The Labute approximate surface area is 167 Å². The van der Waals surface area contributed by atoms with Crippen molar-refractivity contribution in [1.29, 1.82) is 0 Å². The second-order valence-corrected chi connectivity index (χ2v) is 7.54. The Hall–Kier alpha value is -2.66. The van der Waals surface area contributed by atoms with Crippen molar-refractivity contribution in [2.24, 2.45) is 0 Å². The average Bonchev–Trinajstić information content (AvgIpc) is 2.74. The van der Waals surface area contributed by atoms with Crippen LogP contribution in [0.5, 0.6) is 0 Å². The van der Waals surface area contributed by atoms with Crippen molar-refractivity contribution in [2.45, 2.75) is 37.6 Å². The Kier molecular flexibility index (Phi) is 6.82. The smallest absolute Gasteiger partial charge is 0.251 e. The van der Waals surface area contributed by atoms with Gasteiger partial charge in [0, 0.05) is 24.3 Å². The van der Waals surface area contributed by atoms with Crippen LogP contribution in [0.2, 0.25) is 0 Å². The number of benzene rings is 2. The molecule has 0 saturated heterocycles. The van der Waals surface area contributed by atoms with Gasteiger partial charge in [0.2, 0.25) is 5.91 Å². The summed E-state index contributed by atoms with van der Waals surface area (Å²) in [6.45, 7) is 0.373. The topological polar surface area (TPSA) is 61.4 Å². The molecule has 0 heterocycles. The predicted molar refractivity (Wildman–Crippen MR) is 113 cm³/mol. The fraction of sp³-hybridized carbons (Fsp3) is 0.391. The average molecular weight is 380 g/mol. The quantitative estimate of drug-likeness (QED) is 0.805. The van der Waals surface area contributed by atoms with E-state index in [2.05, 4.69) is 45.9 Å². The van der Waals surface area contributed by atoms with Crippen LogP contribution in [0.25, 0.3) is 0 Å². The van der Waals surface area contributed by atoms with Crippen LogP contribution in [-0.4, -0.2) is 43.4 Å². The maximum Gasteiger partial charge on any atom is 0.251 e. The third-order valence-corrected chi connectivity index (χ3v) is 5.64. The van der Waals surface area contributed by atoms with Crippen LogP contribution in [0.15, 0.2) is 54.6 Å². The van der Waals surface area contributed by atoms with Crippen molar-refractivity contribution in [3.05, 3.63) is 65.7 Å². The SMILES string of the molecule is CNC(=O)c1ccc(NC(=O)CN(C)C2CCC(c3ccccc3)CC2)cc1. The first-order chi connectivity index (χ1) is 13.6. The first-order valence-electron chi connectivity index (χ1n) is 9.94.